The number of rotatable bonds is 2. The van der Waals surface area contributed by atoms with Gasteiger partial charge in [-0.2, -0.15) is 0 Å². The normalized spacial score (nSPS) is 18.2. The topological polar surface area (TPSA) is 82.9 Å². The fourth-order valence-corrected chi connectivity index (χ4v) is 4.05. The zero-order valence-corrected chi connectivity index (χ0v) is 16.4. The second-order valence-corrected chi connectivity index (χ2v) is 7.47. The molecule has 8 heteroatoms. The van der Waals surface area contributed by atoms with Gasteiger partial charge in [-0.05, 0) is 35.9 Å². The molecule has 2 aliphatic rings. The minimum absolute atomic E-state index is 0.0608. The van der Waals surface area contributed by atoms with Gasteiger partial charge in [0, 0.05) is 18.7 Å². The van der Waals surface area contributed by atoms with Crippen LogP contribution in [0, 0.1) is 5.82 Å². The van der Waals surface area contributed by atoms with E-state index in [1.165, 1.54) is 22.1 Å². The summed E-state index contributed by atoms with van der Waals surface area (Å²) in [6, 6.07) is 13.5. The van der Waals surface area contributed by atoms with Crippen LogP contribution in [0.1, 0.15) is 20.9 Å². The van der Waals surface area contributed by atoms with Gasteiger partial charge < -0.3 is 19.5 Å². The number of amides is 3. The van der Waals surface area contributed by atoms with Crippen LogP contribution < -0.4 is 5.32 Å². The van der Waals surface area contributed by atoms with Crippen molar-refractivity contribution in [2.45, 2.75) is 6.04 Å². The number of halogens is 1. The lowest BCUT2D eigenvalue weighted by Crippen LogP contribution is -2.59. The van der Waals surface area contributed by atoms with Crippen molar-refractivity contribution in [3.8, 4) is 11.1 Å². The molecule has 31 heavy (non-hydrogen) atoms. The number of furan rings is 1. The molecule has 0 spiro atoms. The first kappa shape index (κ1) is 19.0. The predicted molar refractivity (Wildman–Crippen MR) is 110 cm³/mol. The molecule has 7 nitrogen and oxygen atoms in total. The van der Waals surface area contributed by atoms with Gasteiger partial charge in [0.2, 0.25) is 5.91 Å². The van der Waals surface area contributed by atoms with Gasteiger partial charge in [-0.25, -0.2) is 4.39 Å². The van der Waals surface area contributed by atoms with Crippen molar-refractivity contribution >= 4 is 23.4 Å². The Hall–Kier alpha value is -3.94. The van der Waals surface area contributed by atoms with Crippen LogP contribution in [0.3, 0.4) is 0 Å². The molecule has 0 radical (unpaired) electrons. The van der Waals surface area contributed by atoms with Crippen LogP contribution in [0.2, 0.25) is 0 Å². The maximum Gasteiger partial charge on any atom is 0.289 e. The molecule has 3 aromatic rings. The molecule has 1 saturated heterocycles. The summed E-state index contributed by atoms with van der Waals surface area (Å²) in [5.41, 5.74) is 1.58. The number of carbonyl (C=O) groups is 3. The fourth-order valence-electron chi connectivity index (χ4n) is 4.05. The average molecular weight is 419 g/mol. The minimum Gasteiger partial charge on any atom is -0.459 e. The lowest BCUT2D eigenvalue weighted by atomic mass is 10.0. The van der Waals surface area contributed by atoms with Crippen LogP contribution in [0.5, 0.6) is 0 Å². The largest absolute Gasteiger partial charge is 0.459 e. The van der Waals surface area contributed by atoms with Crippen molar-refractivity contribution in [3.05, 3.63) is 78.0 Å². The third kappa shape index (κ3) is 3.26. The highest BCUT2D eigenvalue weighted by atomic mass is 19.1. The number of hydrogen-bond acceptors (Lipinski definition) is 4. The molecule has 0 bridgehead atoms. The minimum atomic E-state index is -0.829. The molecule has 0 unspecified atom stereocenters. The molecule has 2 aliphatic heterocycles. The molecule has 2 aromatic carbocycles. The molecule has 3 amide bonds. The average Bonchev–Trinajstić information content (AvgIpc) is 3.30. The van der Waals surface area contributed by atoms with Gasteiger partial charge in [-0.3, -0.25) is 14.4 Å². The van der Waals surface area contributed by atoms with E-state index in [0.717, 1.165) is 0 Å². The molecule has 1 atom stereocenters. The van der Waals surface area contributed by atoms with E-state index in [-0.39, 0.29) is 43.1 Å². The molecule has 156 valence electrons. The number of fused-ring (bicyclic) bond motifs is 2. The SMILES string of the molecule is O=C1Nc2ccc(-c3ccccc3F)cc2C(=O)N2CCN(C(=O)c3ccco3)C[C@@H]12. The van der Waals surface area contributed by atoms with Crippen LogP contribution in [0.15, 0.2) is 65.3 Å². The molecular formula is C23H18FN3O4. The van der Waals surface area contributed by atoms with Crippen molar-refractivity contribution in [2.75, 3.05) is 25.0 Å². The number of piperazine rings is 1. The zero-order valence-electron chi connectivity index (χ0n) is 16.4. The summed E-state index contributed by atoms with van der Waals surface area (Å²) in [6.45, 7) is 0.537. The summed E-state index contributed by atoms with van der Waals surface area (Å²) >= 11 is 0. The smallest absolute Gasteiger partial charge is 0.289 e. The van der Waals surface area contributed by atoms with Crippen LogP contribution in [-0.4, -0.2) is 53.2 Å². The molecule has 0 aliphatic carbocycles. The monoisotopic (exact) mass is 419 g/mol. The van der Waals surface area contributed by atoms with Gasteiger partial charge in [0.1, 0.15) is 11.9 Å². The maximum atomic E-state index is 14.2. The van der Waals surface area contributed by atoms with E-state index >= 15 is 0 Å². The molecular weight excluding hydrogens is 401 g/mol. The van der Waals surface area contributed by atoms with Crippen LogP contribution in [0.25, 0.3) is 11.1 Å². The van der Waals surface area contributed by atoms with E-state index in [2.05, 4.69) is 5.32 Å². The predicted octanol–water partition coefficient (Wildman–Crippen LogP) is 3.00. The Morgan fingerprint density at radius 3 is 2.65 bits per heavy atom. The summed E-state index contributed by atoms with van der Waals surface area (Å²) < 4.78 is 19.4. The highest BCUT2D eigenvalue weighted by Gasteiger charge is 2.41. The first-order valence-corrected chi connectivity index (χ1v) is 9.86. The van der Waals surface area contributed by atoms with E-state index < -0.39 is 11.9 Å². The summed E-state index contributed by atoms with van der Waals surface area (Å²) in [5, 5.41) is 2.78. The Bertz CT molecular complexity index is 1190. The number of anilines is 1. The summed E-state index contributed by atoms with van der Waals surface area (Å²) in [4.78, 5) is 41.8. The number of carbonyl (C=O) groups excluding carboxylic acids is 3. The highest BCUT2D eigenvalue weighted by molar-refractivity contribution is 6.11. The second kappa shape index (κ2) is 7.39. The Morgan fingerprint density at radius 2 is 1.87 bits per heavy atom. The Morgan fingerprint density at radius 1 is 1.03 bits per heavy atom. The van der Waals surface area contributed by atoms with E-state index in [4.69, 9.17) is 4.42 Å². The van der Waals surface area contributed by atoms with Crippen molar-refractivity contribution < 1.29 is 23.2 Å². The third-order valence-corrected chi connectivity index (χ3v) is 5.66. The molecule has 1 aromatic heterocycles. The van der Waals surface area contributed by atoms with Gasteiger partial charge >= 0.3 is 0 Å². The number of nitrogens with one attached hydrogen (secondary N) is 1. The van der Waals surface area contributed by atoms with Gasteiger partial charge in [0.25, 0.3) is 11.8 Å². The fraction of sp³-hybridized carbons (Fsp3) is 0.174. The number of benzene rings is 2. The Kier molecular flexibility index (Phi) is 4.54. The molecule has 3 heterocycles. The molecule has 0 saturated carbocycles. The first-order valence-electron chi connectivity index (χ1n) is 9.86. The first-order chi connectivity index (χ1) is 15.0. The standard InChI is InChI=1S/C23H18FN3O4/c24-17-5-2-1-4-15(17)14-7-8-18-16(12-14)22(29)27-10-9-26(13-19(27)21(28)25-18)23(30)20-6-3-11-31-20/h1-8,11-12,19H,9-10,13H2,(H,25,28)/t19-/m0/s1. The van der Waals surface area contributed by atoms with Gasteiger partial charge in [0.15, 0.2) is 5.76 Å². The lowest BCUT2D eigenvalue weighted by molar-refractivity contribution is -0.121. The van der Waals surface area contributed by atoms with Crippen molar-refractivity contribution in [3.63, 3.8) is 0 Å². The summed E-state index contributed by atoms with van der Waals surface area (Å²) in [5.74, 6) is -1.24. The molecule has 1 fully saturated rings. The van der Waals surface area contributed by atoms with Gasteiger partial charge in [0.05, 0.1) is 24.1 Å². The second-order valence-electron chi connectivity index (χ2n) is 7.47. The third-order valence-electron chi connectivity index (χ3n) is 5.66. The summed E-state index contributed by atoms with van der Waals surface area (Å²) in [6.07, 6.45) is 1.41. The van der Waals surface area contributed by atoms with E-state index in [1.54, 1.807) is 48.5 Å². The number of hydrogen-bond donors (Lipinski definition) is 1. The van der Waals surface area contributed by atoms with Crippen LogP contribution >= 0.6 is 0 Å². The van der Waals surface area contributed by atoms with E-state index in [1.807, 2.05) is 0 Å². The van der Waals surface area contributed by atoms with Crippen LogP contribution in [-0.2, 0) is 4.79 Å². The van der Waals surface area contributed by atoms with Gasteiger partial charge in [-0.1, -0.05) is 24.3 Å². The molecule has 1 N–H and O–H groups in total. The molecule has 5 rings (SSSR count). The Balaban J connectivity index is 1.46. The van der Waals surface area contributed by atoms with Crippen LogP contribution in [0.4, 0.5) is 10.1 Å². The van der Waals surface area contributed by atoms with E-state index in [0.29, 0.717) is 22.4 Å². The zero-order chi connectivity index (χ0) is 21.5. The van der Waals surface area contributed by atoms with Crippen molar-refractivity contribution in [1.82, 2.24) is 9.80 Å². The van der Waals surface area contributed by atoms with Gasteiger partial charge in [-0.15, -0.1) is 0 Å². The van der Waals surface area contributed by atoms with E-state index in [9.17, 15) is 18.8 Å². The maximum absolute atomic E-state index is 14.2. The summed E-state index contributed by atoms with van der Waals surface area (Å²) in [7, 11) is 0. The van der Waals surface area contributed by atoms with Crippen molar-refractivity contribution in [2.24, 2.45) is 0 Å². The quantitative estimate of drug-likeness (QED) is 0.692. The lowest BCUT2D eigenvalue weighted by Gasteiger charge is -2.39. The highest BCUT2D eigenvalue weighted by Crippen LogP contribution is 2.31. The Labute approximate surface area is 177 Å². The number of nitrogens with zero attached hydrogens (tertiary/aromatic N) is 2. The van der Waals surface area contributed by atoms with Crippen molar-refractivity contribution in [1.29, 1.82) is 0 Å².